The first-order chi connectivity index (χ1) is 12.9. The zero-order valence-electron chi connectivity index (χ0n) is 17.2. The zero-order valence-corrected chi connectivity index (χ0v) is 18.1. The van der Waals surface area contributed by atoms with E-state index in [1.54, 1.807) is 38.7 Å². The lowest BCUT2D eigenvalue weighted by atomic mass is 9.99. The highest BCUT2D eigenvalue weighted by Crippen LogP contribution is 2.19. The van der Waals surface area contributed by atoms with Crippen molar-refractivity contribution in [3.05, 3.63) is 29.3 Å². The van der Waals surface area contributed by atoms with Gasteiger partial charge in [-0.15, -0.1) is 0 Å². The number of carbonyl (C=O) groups is 2. The molecule has 0 aliphatic carbocycles. The van der Waals surface area contributed by atoms with Crippen LogP contribution in [0.5, 0.6) is 0 Å². The minimum atomic E-state index is -3.78. The quantitative estimate of drug-likeness (QED) is 0.753. The molecule has 8 heteroatoms. The second-order valence-electron chi connectivity index (χ2n) is 8.47. The Morgan fingerprint density at radius 3 is 2.39 bits per heavy atom. The van der Waals surface area contributed by atoms with Crippen LogP contribution in [-0.2, 0) is 19.6 Å². The largest absolute Gasteiger partial charge is 0.452 e. The molecule has 156 valence electrons. The summed E-state index contributed by atoms with van der Waals surface area (Å²) in [6.07, 6.45) is 1.89. The van der Waals surface area contributed by atoms with Crippen LogP contribution in [0.3, 0.4) is 0 Å². The summed E-state index contributed by atoms with van der Waals surface area (Å²) in [5, 5.41) is 0. The van der Waals surface area contributed by atoms with Gasteiger partial charge >= 0.3 is 5.97 Å². The summed E-state index contributed by atoms with van der Waals surface area (Å²) in [6, 6.07) is 4.29. The minimum absolute atomic E-state index is 0.0173. The van der Waals surface area contributed by atoms with Crippen LogP contribution in [0.2, 0.25) is 0 Å². The molecule has 0 bridgehead atoms. The summed E-state index contributed by atoms with van der Waals surface area (Å²) in [6.45, 7) is 10.1. The van der Waals surface area contributed by atoms with Crippen LogP contribution in [0.15, 0.2) is 23.1 Å². The fourth-order valence-electron chi connectivity index (χ4n) is 3.00. The molecule has 1 aliphatic heterocycles. The van der Waals surface area contributed by atoms with E-state index in [0.29, 0.717) is 24.6 Å². The highest BCUT2D eigenvalue weighted by atomic mass is 32.2. The van der Waals surface area contributed by atoms with Gasteiger partial charge in [-0.25, -0.2) is 17.9 Å². The summed E-state index contributed by atoms with van der Waals surface area (Å²) in [7, 11) is -3.78. The van der Waals surface area contributed by atoms with Gasteiger partial charge in [0.2, 0.25) is 10.0 Å². The molecule has 0 saturated carbocycles. The van der Waals surface area contributed by atoms with Crippen molar-refractivity contribution in [1.29, 1.82) is 0 Å². The predicted molar refractivity (Wildman–Crippen MR) is 107 cm³/mol. The maximum absolute atomic E-state index is 12.5. The van der Waals surface area contributed by atoms with Crippen molar-refractivity contribution in [2.24, 2.45) is 5.92 Å². The van der Waals surface area contributed by atoms with Gasteiger partial charge in [-0.05, 0) is 64.2 Å². The number of benzene rings is 1. The number of amides is 1. The molecule has 1 fully saturated rings. The number of rotatable bonds is 5. The summed E-state index contributed by atoms with van der Waals surface area (Å²) in [5.41, 5.74) is 0.0683. The number of nitrogens with zero attached hydrogens (tertiary/aromatic N) is 1. The third kappa shape index (κ3) is 6.04. The highest BCUT2D eigenvalue weighted by molar-refractivity contribution is 7.89. The highest BCUT2D eigenvalue weighted by Gasteiger charge is 2.25. The van der Waals surface area contributed by atoms with E-state index in [1.165, 1.54) is 12.1 Å². The molecule has 1 saturated heterocycles. The fourth-order valence-corrected chi connectivity index (χ4v) is 4.45. The average Bonchev–Trinajstić information content (AvgIpc) is 2.58. The molecule has 7 nitrogen and oxygen atoms in total. The number of hydrogen-bond donors (Lipinski definition) is 1. The molecule has 0 aromatic heterocycles. The van der Waals surface area contributed by atoms with Gasteiger partial charge in [0.15, 0.2) is 6.61 Å². The van der Waals surface area contributed by atoms with Gasteiger partial charge < -0.3 is 9.64 Å². The number of ether oxygens (including phenoxy) is 1. The van der Waals surface area contributed by atoms with Crippen LogP contribution in [0.4, 0.5) is 0 Å². The molecule has 1 aromatic rings. The average molecular weight is 411 g/mol. The van der Waals surface area contributed by atoms with E-state index in [1.807, 2.05) is 0 Å². The SMILES string of the molecule is Cc1ccc(S(=O)(=O)NC(C)(C)C)cc1C(=O)OCC(=O)N1CCC(C)CC1. The molecule has 0 atom stereocenters. The van der Waals surface area contributed by atoms with Crippen molar-refractivity contribution in [3.63, 3.8) is 0 Å². The predicted octanol–water partition coefficient (Wildman–Crippen LogP) is 2.49. The van der Waals surface area contributed by atoms with Crippen LogP contribution in [-0.4, -0.2) is 50.4 Å². The Balaban J connectivity index is 2.08. The van der Waals surface area contributed by atoms with Crippen molar-refractivity contribution in [2.75, 3.05) is 19.7 Å². The first kappa shape index (κ1) is 22.4. The van der Waals surface area contributed by atoms with Crippen molar-refractivity contribution in [1.82, 2.24) is 9.62 Å². The number of piperidine rings is 1. The van der Waals surface area contributed by atoms with E-state index in [0.717, 1.165) is 12.8 Å². The van der Waals surface area contributed by atoms with Gasteiger partial charge in [-0.3, -0.25) is 4.79 Å². The molecule has 0 unspecified atom stereocenters. The van der Waals surface area contributed by atoms with Gasteiger partial charge in [-0.1, -0.05) is 13.0 Å². The monoisotopic (exact) mass is 410 g/mol. The van der Waals surface area contributed by atoms with Gasteiger partial charge in [0, 0.05) is 18.6 Å². The van der Waals surface area contributed by atoms with E-state index in [-0.39, 0.29) is 23.0 Å². The van der Waals surface area contributed by atoms with Gasteiger partial charge in [0.25, 0.3) is 5.91 Å². The van der Waals surface area contributed by atoms with Crippen LogP contribution >= 0.6 is 0 Å². The first-order valence-electron chi connectivity index (χ1n) is 9.48. The van der Waals surface area contributed by atoms with Gasteiger partial charge in [-0.2, -0.15) is 0 Å². The Morgan fingerprint density at radius 1 is 1.21 bits per heavy atom. The number of aryl methyl sites for hydroxylation is 1. The molecule has 0 radical (unpaired) electrons. The van der Waals surface area contributed by atoms with Crippen molar-refractivity contribution in [3.8, 4) is 0 Å². The van der Waals surface area contributed by atoms with E-state index in [2.05, 4.69) is 11.6 Å². The van der Waals surface area contributed by atoms with Crippen molar-refractivity contribution in [2.45, 2.75) is 57.9 Å². The number of esters is 1. The Bertz CT molecular complexity index is 835. The van der Waals surface area contributed by atoms with Crippen molar-refractivity contribution < 1.29 is 22.7 Å². The van der Waals surface area contributed by atoms with E-state index < -0.39 is 21.5 Å². The topological polar surface area (TPSA) is 92.8 Å². The third-order valence-electron chi connectivity index (χ3n) is 4.64. The molecule has 0 spiro atoms. The van der Waals surface area contributed by atoms with E-state index >= 15 is 0 Å². The second-order valence-corrected chi connectivity index (χ2v) is 10.2. The van der Waals surface area contributed by atoms with E-state index in [4.69, 9.17) is 4.74 Å². The molecule has 1 amide bonds. The Hall–Kier alpha value is -1.93. The van der Waals surface area contributed by atoms with Crippen LogP contribution < -0.4 is 4.72 Å². The lowest BCUT2D eigenvalue weighted by Gasteiger charge is -2.30. The lowest BCUT2D eigenvalue weighted by Crippen LogP contribution is -2.40. The Morgan fingerprint density at radius 2 is 1.82 bits per heavy atom. The summed E-state index contributed by atoms with van der Waals surface area (Å²) in [4.78, 5) is 26.4. The maximum Gasteiger partial charge on any atom is 0.338 e. The second kappa shape index (κ2) is 8.61. The van der Waals surface area contributed by atoms with Crippen LogP contribution in [0, 0.1) is 12.8 Å². The molecule has 2 rings (SSSR count). The standard InChI is InChI=1S/C20H30N2O5S/c1-14-8-10-22(11-9-14)18(23)13-27-19(24)17-12-16(7-6-15(17)2)28(25,26)21-20(3,4)5/h6-7,12,14,21H,8-11,13H2,1-5H3. The molecule has 28 heavy (non-hydrogen) atoms. The van der Waals surface area contributed by atoms with Crippen LogP contribution in [0.1, 0.15) is 56.5 Å². The fraction of sp³-hybridized carbons (Fsp3) is 0.600. The van der Waals surface area contributed by atoms with Gasteiger partial charge in [0.1, 0.15) is 0 Å². The summed E-state index contributed by atoms with van der Waals surface area (Å²) >= 11 is 0. The Kier molecular flexibility index (Phi) is 6.88. The normalized spacial score (nSPS) is 16.1. The lowest BCUT2D eigenvalue weighted by molar-refractivity contribution is -0.135. The molecule has 1 aliphatic rings. The molecule has 1 heterocycles. The number of nitrogens with one attached hydrogen (secondary N) is 1. The summed E-state index contributed by atoms with van der Waals surface area (Å²) in [5.74, 6) is -0.333. The number of likely N-dealkylation sites (tertiary alicyclic amines) is 1. The summed E-state index contributed by atoms with van der Waals surface area (Å²) < 4.78 is 32.7. The number of carbonyl (C=O) groups excluding carboxylic acids is 2. The van der Waals surface area contributed by atoms with Gasteiger partial charge in [0.05, 0.1) is 10.5 Å². The maximum atomic E-state index is 12.5. The minimum Gasteiger partial charge on any atom is -0.452 e. The molecular formula is C20H30N2O5S. The third-order valence-corrected chi connectivity index (χ3v) is 6.40. The number of sulfonamides is 1. The van der Waals surface area contributed by atoms with E-state index in [9.17, 15) is 18.0 Å². The molecule has 1 N–H and O–H groups in total. The number of hydrogen-bond acceptors (Lipinski definition) is 5. The molecule has 1 aromatic carbocycles. The van der Waals surface area contributed by atoms with Crippen molar-refractivity contribution >= 4 is 21.9 Å². The first-order valence-corrected chi connectivity index (χ1v) is 11.0. The Labute approximate surface area is 167 Å². The molecular weight excluding hydrogens is 380 g/mol. The zero-order chi connectivity index (χ0) is 21.1. The van der Waals surface area contributed by atoms with Crippen LogP contribution in [0.25, 0.3) is 0 Å². The smallest absolute Gasteiger partial charge is 0.338 e.